The molecule has 1 aliphatic rings. The molecular weight excluding hydrogens is 350 g/mol. The van der Waals surface area contributed by atoms with Crippen molar-refractivity contribution in [3.8, 4) is 17.0 Å². The molecule has 0 unspecified atom stereocenters. The molecule has 8 heteroatoms. The predicted octanol–water partition coefficient (Wildman–Crippen LogP) is 4.49. The maximum atomic E-state index is 13.0. The third kappa shape index (κ3) is 3.00. The third-order valence-electron chi connectivity index (χ3n) is 4.57. The van der Waals surface area contributed by atoms with Gasteiger partial charge in [0, 0.05) is 29.6 Å². The van der Waals surface area contributed by atoms with E-state index in [9.17, 15) is 22.7 Å². The number of aromatic hydroxyl groups is 1. The lowest BCUT2D eigenvalue weighted by Crippen LogP contribution is -2.05. The van der Waals surface area contributed by atoms with E-state index in [0.717, 1.165) is 11.5 Å². The first-order valence-electron chi connectivity index (χ1n) is 8.12. The molecule has 1 fully saturated rings. The molecule has 0 spiro atoms. The summed E-state index contributed by atoms with van der Waals surface area (Å²) in [5.74, 6) is -0.508. The van der Waals surface area contributed by atoms with Gasteiger partial charge in [0.2, 0.25) is 0 Å². The largest absolute Gasteiger partial charge is 0.507 e. The van der Waals surface area contributed by atoms with Crippen molar-refractivity contribution in [2.75, 3.05) is 0 Å². The number of nitrogens with zero attached hydrogens (tertiary/aromatic N) is 3. The highest BCUT2D eigenvalue weighted by Gasteiger charge is 2.37. The van der Waals surface area contributed by atoms with Crippen LogP contribution in [0.25, 0.3) is 22.3 Å². The number of hydrogen-bond acceptors (Lipinski definition) is 3. The fraction of sp³-hybridized carbons (Fsp3) is 0.333. The quantitative estimate of drug-likeness (QED) is 0.696. The minimum Gasteiger partial charge on any atom is -0.507 e. The van der Waals surface area contributed by atoms with Crippen LogP contribution in [0.3, 0.4) is 0 Å². The Morgan fingerprint density at radius 3 is 2.62 bits per heavy atom. The van der Waals surface area contributed by atoms with Crippen molar-refractivity contribution >= 4 is 11.0 Å². The van der Waals surface area contributed by atoms with Gasteiger partial charge in [-0.05, 0) is 43.2 Å². The molecule has 0 bridgehead atoms. The molecule has 2 atom stereocenters. The number of benzene rings is 1. The fourth-order valence-electron chi connectivity index (χ4n) is 3.09. The van der Waals surface area contributed by atoms with E-state index in [2.05, 4.69) is 10.1 Å². The van der Waals surface area contributed by atoms with Crippen LogP contribution in [0.5, 0.6) is 5.75 Å². The molecular formula is C18H15F4N3O. The number of aryl methyl sites for hydroxylation is 1. The van der Waals surface area contributed by atoms with Crippen LogP contribution < -0.4 is 0 Å². The second-order valence-corrected chi connectivity index (χ2v) is 6.66. The van der Waals surface area contributed by atoms with Crippen molar-refractivity contribution in [1.29, 1.82) is 0 Å². The van der Waals surface area contributed by atoms with Crippen molar-refractivity contribution in [2.24, 2.45) is 5.92 Å². The highest BCUT2D eigenvalue weighted by molar-refractivity contribution is 5.80. The lowest BCUT2D eigenvalue weighted by Gasteiger charge is -2.13. The molecule has 1 saturated carbocycles. The molecule has 0 saturated heterocycles. The highest BCUT2D eigenvalue weighted by atomic mass is 19.4. The van der Waals surface area contributed by atoms with Gasteiger partial charge in [0.05, 0.1) is 11.3 Å². The van der Waals surface area contributed by atoms with E-state index in [1.54, 1.807) is 23.0 Å². The van der Waals surface area contributed by atoms with E-state index >= 15 is 0 Å². The second kappa shape index (κ2) is 5.69. The van der Waals surface area contributed by atoms with Crippen LogP contribution in [0.15, 0.2) is 30.5 Å². The van der Waals surface area contributed by atoms with Gasteiger partial charge in [-0.2, -0.15) is 18.3 Å². The highest BCUT2D eigenvalue weighted by Crippen LogP contribution is 2.39. The topological polar surface area (TPSA) is 50.9 Å². The number of alkyl halides is 4. The molecule has 4 nitrogen and oxygen atoms in total. The molecule has 136 valence electrons. The summed E-state index contributed by atoms with van der Waals surface area (Å²) in [6, 6.07) is 5.03. The maximum Gasteiger partial charge on any atom is 0.416 e. The molecule has 0 amide bonds. The molecule has 4 rings (SSSR count). The molecule has 1 N–H and O–H groups in total. The second-order valence-electron chi connectivity index (χ2n) is 6.66. The average molecular weight is 365 g/mol. The lowest BCUT2D eigenvalue weighted by molar-refractivity contribution is -0.137. The Kier molecular flexibility index (Phi) is 3.68. The number of hydrogen-bond donors (Lipinski definition) is 1. The number of phenols is 1. The van der Waals surface area contributed by atoms with Crippen LogP contribution in [0.1, 0.15) is 17.5 Å². The normalized spacial score (nSPS) is 19.9. The van der Waals surface area contributed by atoms with Gasteiger partial charge < -0.3 is 5.11 Å². The number of pyridine rings is 1. The first-order valence-corrected chi connectivity index (χ1v) is 8.12. The summed E-state index contributed by atoms with van der Waals surface area (Å²) in [7, 11) is 0. The van der Waals surface area contributed by atoms with E-state index in [1.165, 1.54) is 6.92 Å². The predicted molar refractivity (Wildman–Crippen MR) is 87.4 cm³/mol. The Balaban J connectivity index is 1.72. The van der Waals surface area contributed by atoms with Crippen molar-refractivity contribution < 1.29 is 22.7 Å². The Hall–Kier alpha value is -2.64. The van der Waals surface area contributed by atoms with Crippen LogP contribution in [0.4, 0.5) is 17.6 Å². The average Bonchev–Trinajstić information content (AvgIpc) is 3.07. The Bertz CT molecular complexity index is 973. The summed E-state index contributed by atoms with van der Waals surface area (Å²) < 4.78 is 53.3. The van der Waals surface area contributed by atoms with Gasteiger partial charge in [-0.25, -0.2) is 9.37 Å². The summed E-state index contributed by atoms with van der Waals surface area (Å²) in [4.78, 5) is 4.36. The van der Waals surface area contributed by atoms with Crippen molar-refractivity contribution in [3.63, 3.8) is 0 Å². The van der Waals surface area contributed by atoms with Gasteiger partial charge in [0.1, 0.15) is 11.9 Å². The number of aromatic nitrogens is 3. The smallest absolute Gasteiger partial charge is 0.416 e. The van der Waals surface area contributed by atoms with E-state index in [4.69, 9.17) is 0 Å². The van der Waals surface area contributed by atoms with Crippen LogP contribution >= 0.6 is 0 Å². The van der Waals surface area contributed by atoms with Crippen LogP contribution in [-0.2, 0) is 12.7 Å². The summed E-state index contributed by atoms with van der Waals surface area (Å²) in [5, 5.41) is 15.2. The zero-order chi connectivity index (χ0) is 18.6. The van der Waals surface area contributed by atoms with Crippen LogP contribution in [-0.4, -0.2) is 26.0 Å². The summed E-state index contributed by atoms with van der Waals surface area (Å²) >= 11 is 0. The number of fused-ring (bicyclic) bond motifs is 1. The molecule has 26 heavy (non-hydrogen) atoms. The minimum absolute atomic E-state index is 0.0232. The maximum absolute atomic E-state index is 13.0. The molecule has 2 aromatic heterocycles. The van der Waals surface area contributed by atoms with Gasteiger partial charge in [-0.3, -0.25) is 4.68 Å². The Morgan fingerprint density at radius 2 is 2.00 bits per heavy atom. The summed E-state index contributed by atoms with van der Waals surface area (Å²) in [6.45, 7) is 1.96. The zero-order valence-electron chi connectivity index (χ0n) is 13.8. The summed E-state index contributed by atoms with van der Waals surface area (Å²) in [6.07, 6.45) is -3.02. The van der Waals surface area contributed by atoms with E-state index < -0.39 is 23.7 Å². The first-order chi connectivity index (χ1) is 12.2. The van der Waals surface area contributed by atoms with Crippen LogP contribution in [0, 0.1) is 12.8 Å². The molecule has 0 radical (unpaired) electrons. The molecule has 2 heterocycles. The van der Waals surface area contributed by atoms with Crippen LogP contribution in [0.2, 0.25) is 0 Å². The monoisotopic (exact) mass is 365 g/mol. The van der Waals surface area contributed by atoms with Gasteiger partial charge in [-0.1, -0.05) is 0 Å². The first kappa shape index (κ1) is 16.8. The number of rotatable bonds is 3. The van der Waals surface area contributed by atoms with Crippen molar-refractivity contribution in [3.05, 3.63) is 41.6 Å². The summed E-state index contributed by atoms with van der Waals surface area (Å²) in [5.41, 5.74) is 0.327. The standard InChI is InChI=1S/C18H15F4N3O/c1-9-4-12(18(20,21)22)6-15(26)16(9)14-3-2-10-7-25(24-17(10)23-14)8-11-5-13(11)19/h2-4,6-7,11,13,26H,5,8H2,1H3/t11-,13-/m0/s1. The molecule has 0 aliphatic heterocycles. The van der Waals surface area contributed by atoms with Gasteiger partial charge in [-0.15, -0.1) is 0 Å². The van der Waals surface area contributed by atoms with Crippen molar-refractivity contribution in [2.45, 2.75) is 32.2 Å². The molecule has 1 aliphatic carbocycles. The minimum atomic E-state index is -4.53. The Labute approximate surface area is 146 Å². The van der Waals surface area contributed by atoms with E-state index in [1.807, 2.05) is 0 Å². The SMILES string of the molecule is Cc1cc(C(F)(F)F)cc(O)c1-c1ccc2cn(C[C@@H]3C[C@@H]3F)nc2n1. The van der Waals surface area contributed by atoms with Crippen molar-refractivity contribution in [1.82, 2.24) is 14.8 Å². The van der Waals surface area contributed by atoms with E-state index in [0.29, 0.717) is 30.4 Å². The fourth-order valence-corrected chi connectivity index (χ4v) is 3.09. The Morgan fingerprint density at radius 1 is 1.27 bits per heavy atom. The van der Waals surface area contributed by atoms with Gasteiger partial charge in [0.25, 0.3) is 0 Å². The van der Waals surface area contributed by atoms with Gasteiger partial charge in [0.15, 0.2) is 5.65 Å². The molecule has 3 aromatic rings. The number of halogens is 4. The zero-order valence-corrected chi connectivity index (χ0v) is 13.8. The van der Waals surface area contributed by atoms with Gasteiger partial charge >= 0.3 is 6.18 Å². The lowest BCUT2D eigenvalue weighted by atomic mass is 10.00. The third-order valence-corrected chi connectivity index (χ3v) is 4.57. The number of phenolic OH excluding ortho intramolecular Hbond substituents is 1. The molecule has 1 aromatic carbocycles. The van der Waals surface area contributed by atoms with E-state index in [-0.39, 0.29) is 17.0 Å².